The van der Waals surface area contributed by atoms with Crippen molar-refractivity contribution in [1.82, 2.24) is 9.97 Å². The molecule has 3 atom stereocenters. The Bertz CT molecular complexity index is 888. The molecule has 0 amide bonds. The maximum atomic E-state index is 13.4. The number of rotatable bonds is 9. The van der Waals surface area contributed by atoms with E-state index in [1.54, 1.807) is 12.5 Å². The zero-order chi connectivity index (χ0) is 23.2. The fourth-order valence-corrected chi connectivity index (χ4v) is 5.84. The third-order valence-corrected chi connectivity index (χ3v) is 7.96. The maximum absolute atomic E-state index is 13.4. The van der Waals surface area contributed by atoms with Crippen LogP contribution in [0.15, 0.2) is 48.9 Å². The molecule has 1 saturated heterocycles. The molecule has 6 nitrogen and oxygen atoms in total. The van der Waals surface area contributed by atoms with Gasteiger partial charge in [0.2, 0.25) is 0 Å². The zero-order valence-corrected chi connectivity index (χ0v) is 19.9. The van der Waals surface area contributed by atoms with Crippen molar-refractivity contribution < 1.29 is 19.1 Å². The summed E-state index contributed by atoms with van der Waals surface area (Å²) in [6.45, 7) is 2.49. The number of aliphatic hydroxyl groups is 1. The molecule has 2 fully saturated rings. The van der Waals surface area contributed by atoms with E-state index in [2.05, 4.69) is 17.0 Å². The molecule has 0 bridgehead atoms. The third-order valence-electron chi connectivity index (χ3n) is 7.96. The summed E-state index contributed by atoms with van der Waals surface area (Å²) in [5.74, 6) is -0.557. The molecule has 6 heteroatoms. The molecule has 2 aromatic rings. The van der Waals surface area contributed by atoms with Crippen molar-refractivity contribution in [2.24, 2.45) is 5.92 Å². The molecule has 1 N–H and O–H groups in total. The summed E-state index contributed by atoms with van der Waals surface area (Å²) in [6.07, 6.45) is 12.5. The Kier molecular flexibility index (Phi) is 7.76. The Morgan fingerprint density at radius 1 is 1.12 bits per heavy atom. The van der Waals surface area contributed by atoms with E-state index in [0.29, 0.717) is 12.2 Å². The zero-order valence-electron chi connectivity index (χ0n) is 19.9. The van der Waals surface area contributed by atoms with Crippen LogP contribution >= 0.6 is 0 Å². The van der Waals surface area contributed by atoms with E-state index in [4.69, 9.17) is 4.74 Å². The van der Waals surface area contributed by atoms with Crippen LogP contribution in [0.3, 0.4) is 0 Å². The highest BCUT2D eigenvalue weighted by Gasteiger charge is 2.48. The molecule has 1 aromatic carbocycles. The highest BCUT2D eigenvalue weighted by molar-refractivity contribution is 5.81. The van der Waals surface area contributed by atoms with Gasteiger partial charge in [-0.1, -0.05) is 49.6 Å². The summed E-state index contributed by atoms with van der Waals surface area (Å²) in [7, 11) is 2.27. The number of aromatic nitrogens is 2. The molecule has 2 aliphatic rings. The molecule has 1 aliphatic carbocycles. The van der Waals surface area contributed by atoms with Crippen LogP contribution in [-0.2, 0) is 21.6 Å². The predicted octanol–water partition coefficient (Wildman–Crippen LogP) is 4.03. The van der Waals surface area contributed by atoms with Crippen molar-refractivity contribution in [3.8, 4) is 0 Å². The molecule has 2 heterocycles. The summed E-state index contributed by atoms with van der Waals surface area (Å²) in [4.78, 5) is 21.8. The first kappa shape index (κ1) is 23.8. The standard InChI is InChI=1S/C27H38N3O3/c1-30(18-8-14-24-16-17-28-21-29-24)19-9-15-25(30)20-33-26(31)27(32,22-10-4-2-5-11-22)23-12-6-3-7-13-23/h2,4-5,10-11,16-17,21,23,25,32H,3,6-9,12-15,18-20H2,1H3/q+1/t25?,27-,30?/m0/s1. The van der Waals surface area contributed by atoms with Gasteiger partial charge in [0.05, 0.1) is 20.1 Å². The lowest BCUT2D eigenvalue weighted by Gasteiger charge is -2.39. The molecule has 1 saturated carbocycles. The molecule has 1 aromatic heterocycles. The largest absolute Gasteiger partial charge is 0.457 e. The summed E-state index contributed by atoms with van der Waals surface area (Å²) >= 11 is 0. The number of nitrogens with zero attached hydrogens (tertiary/aromatic N) is 3. The van der Waals surface area contributed by atoms with Gasteiger partial charge in [0, 0.05) is 37.1 Å². The van der Waals surface area contributed by atoms with Gasteiger partial charge in [-0.05, 0) is 30.9 Å². The molecule has 33 heavy (non-hydrogen) atoms. The van der Waals surface area contributed by atoms with E-state index >= 15 is 0 Å². The minimum absolute atomic E-state index is 0.0848. The second-order valence-corrected chi connectivity index (χ2v) is 10.1. The quantitative estimate of drug-likeness (QED) is 0.459. The number of benzene rings is 1. The van der Waals surface area contributed by atoms with Gasteiger partial charge < -0.3 is 14.3 Å². The molecule has 2 unspecified atom stereocenters. The van der Waals surface area contributed by atoms with Crippen molar-refractivity contribution in [3.63, 3.8) is 0 Å². The number of ether oxygens (including phenoxy) is 1. The highest BCUT2D eigenvalue weighted by Crippen LogP contribution is 2.40. The fourth-order valence-electron chi connectivity index (χ4n) is 5.84. The first-order valence-corrected chi connectivity index (χ1v) is 12.6. The normalized spacial score (nSPS) is 25.5. The Balaban J connectivity index is 1.39. The van der Waals surface area contributed by atoms with Crippen molar-refractivity contribution in [2.75, 3.05) is 26.7 Å². The van der Waals surface area contributed by atoms with Crippen molar-refractivity contribution in [3.05, 3.63) is 60.2 Å². The molecule has 0 radical (unpaired) electrons. The monoisotopic (exact) mass is 452 g/mol. The van der Waals surface area contributed by atoms with E-state index in [1.165, 1.54) is 6.42 Å². The minimum atomic E-state index is -1.56. The van der Waals surface area contributed by atoms with Crippen molar-refractivity contribution >= 4 is 5.97 Å². The number of carbonyl (C=O) groups excluding carboxylic acids is 1. The Labute approximate surface area is 197 Å². The Morgan fingerprint density at radius 3 is 2.64 bits per heavy atom. The van der Waals surface area contributed by atoms with Gasteiger partial charge in [-0.2, -0.15) is 0 Å². The lowest BCUT2D eigenvalue weighted by atomic mass is 9.73. The SMILES string of the molecule is C[N+]1(CCCc2ccncn2)CCCC1COC(=O)[C@](O)(c1ccccc1)C1CCCCC1. The minimum Gasteiger partial charge on any atom is -0.457 e. The van der Waals surface area contributed by atoms with Crippen molar-refractivity contribution in [2.45, 2.75) is 69.4 Å². The van der Waals surface area contributed by atoms with Crippen LogP contribution in [0.1, 0.15) is 62.6 Å². The van der Waals surface area contributed by atoms with Gasteiger partial charge in [-0.25, -0.2) is 14.8 Å². The number of likely N-dealkylation sites (tertiary alicyclic amines) is 1. The summed E-state index contributed by atoms with van der Waals surface area (Å²) in [5.41, 5.74) is 0.172. The van der Waals surface area contributed by atoms with Crippen LogP contribution in [-0.4, -0.2) is 58.3 Å². The predicted molar refractivity (Wildman–Crippen MR) is 127 cm³/mol. The lowest BCUT2D eigenvalue weighted by Crippen LogP contribution is -2.52. The molecule has 1 aliphatic heterocycles. The van der Waals surface area contributed by atoms with Gasteiger partial charge in [0.15, 0.2) is 5.60 Å². The third kappa shape index (κ3) is 5.44. The van der Waals surface area contributed by atoms with Gasteiger partial charge in [0.1, 0.15) is 19.0 Å². The smallest absolute Gasteiger partial charge is 0.343 e. The Hall–Kier alpha value is -2.31. The summed E-state index contributed by atoms with van der Waals surface area (Å²) in [6, 6.07) is 11.7. The number of quaternary nitrogens is 1. The van der Waals surface area contributed by atoms with E-state index < -0.39 is 11.6 Å². The number of hydrogen-bond donors (Lipinski definition) is 1. The first-order chi connectivity index (χ1) is 16.0. The maximum Gasteiger partial charge on any atom is 0.343 e. The fraction of sp³-hybridized carbons (Fsp3) is 0.593. The first-order valence-electron chi connectivity index (χ1n) is 12.6. The number of carbonyl (C=O) groups is 1. The number of esters is 1. The number of hydrogen-bond acceptors (Lipinski definition) is 5. The number of likely N-dealkylation sites (N-methyl/N-ethyl adjacent to an activating group) is 1. The van der Waals surface area contributed by atoms with Crippen LogP contribution in [0, 0.1) is 5.92 Å². The van der Waals surface area contributed by atoms with E-state index in [1.807, 2.05) is 36.4 Å². The molecule has 0 spiro atoms. The van der Waals surface area contributed by atoms with Crippen LogP contribution < -0.4 is 0 Å². The van der Waals surface area contributed by atoms with E-state index in [-0.39, 0.29) is 12.0 Å². The topological polar surface area (TPSA) is 72.3 Å². The Morgan fingerprint density at radius 2 is 1.91 bits per heavy atom. The van der Waals surface area contributed by atoms with Crippen molar-refractivity contribution in [1.29, 1.82) is 0 Å². The average Bonchev–Trinajstić information content (AvgIpc) is 3.23. The summed E-state index contributed by atoms with van der Waals surface area (Å²) < 4.78 is 6.84. The lowest BCUT2D eigenvalue weighted by molar-refractivity contribution is -0.921. The van der Waals surface area contributed by atoms with Crippen LogP contribution in [0.2, 0.25) is 0 Å². The van der Waals surface area contributed by atoms with Gasteiger partial charge in [0.25, 0.3) is 0 Å². The highest BCUT2D eigenvalue weighted by atomic mass is 16.6. The molecular weight excluding hydrogens is 414 g/mol. The molecule has 4 rings (SSSR count). The van der Waals surface area contributed by atoms with Gasteiger partial charge in [-0.15, -0.1) is 0 Å². The van der Waals surface area contributed by atoms with E-state index in [9.17, 15) is 9.90 Å². The number of aryl methyl sites for hydroxylation is 1. The molecular formula is C27H38N3O3+. The second kappa shape index (κ2) is 10.7. The molecule has 178 valence electrons. The van der Waals surface area contributed by atoms with Crippen LogP contribution in [0.5, 0.6) is 0 Å². The van der Waals surface area contributed by atoms with Gasteiger partial charge >= 0.3 is 5.97 Å². The van der Waals surface area contributed by atoms with Crippen LogP contribution in [0.4, 0.5) is 0 Å². The summed E-state index contributed by atoms with van der Waals surface area (Å²) in [5, 5.41) is 11.8. The average molecular weight is 453 g/mol. The van der Waals surface area contributed by atoms with Crippen LogP contribution in [0.25, 0.3) is 0 Å². The van der Waals surface area contributed by atoms with Gasteiger partial charge in [-0.3, -0.25) is 0 Å². The van der Waals surface area contributed by atoms with E-state index in [0.717, 1.165) is 74.6 Å². The second-order valence-electron chi connectivity index (χ2n) is 10.1.